The van der Waals surface area contributed by atoms with Gasteiger partial charge in [-0.2, -0.15) is 0 Å². The lowest BCUT2D eigenvalue weighted by molar-refractivity contribution is 0.264. The second-order valence-electron chi connectivity index (χ2n) is 4.83. The Hall–Kier alpha value is -1.33. The van der Waals surface area contributed by atoms with E-state index in [1.165, 1.54) is 23.9 Å². The average molecular weight is 294 g/mol. The SMILES string of the molecule is CCn1c(CO)nc(Sc2cccc(F)c2)c1C(C)C. The van der Waals surface area contributed by atoms with Crippen molar-refractivity contribution in [3.8, 4) is 0 Å². The van der Waals surface area contributed by atoms with Crippen molar-refractivity contribution >= 4 is 11.8 Å². The Balaban J connectivity index is 2.43. The number of aliphatic hydroxyl groups is 1. The van der Waals surface area contributed by atoms with E-state index in [1.807, 2.05) is 17.6 Å². The number of rotatable bonds is 5. The Morgan fingerprint density at radius 3 is 2.70 bits per heavy atom. The zero-order chi connectivity index (χ0) is 14.7. The smallest absolute Gasteiger partial charge is 0.136 e. The summed E-state index contributed by atoms with van der Waals surface area (Å²) in [6.07, 6.45) is 0. The molecular weight excluding hydrogens is 275 g/mol. The Bertz CT molecular complexity index is 596. The maximum absolute atomic E-state index is 13.3. The molecule has 0 radical (unpaired) electrons. The molecule has 0 amide bonds. The van der Waals surface area contributed by atoms with Gasteiger partial charge in [-0.15, -0.1) is 0 Å². The maximum Gasteiger partial charge on any atom is 0.136 e. The van der Waals surface area contributed by atoms with Gasteiger partial charge in [-0.05, 0) is 31.0 Å². The van der Waals surface area contributed by atoms with Crippen molar-refractivity contribution in [2.45, 2.75) is 49.8 Å². The molecule has 0 unspecified atom stereocenters. The fourth-order valence-electron chi connectivity index (χ4n) is 2.24. The Morgan fingerprint density at radius 2 is 2.15 bits per heavy atom. The highest BCUT2D eigenvalue weighted by Gasteiger charge is 2.19. The second-order valence-corrected chi connectivity index (χ2v) is 5.90. The molecule has 0 saturated carbocycles. The number of aliphatic hydroxyl groups excluding tert-OH is 1. The molecular formula is C15H19FN2OS. The molecule has 2 rings (SSSR count). The monoisotopic (exact) mass is 294 g/mol. The minimum atomic E-state index is -0.251. The van der Waals surface area contributed by atoms with Crippen LogP contribution in [0.4, 0.5) is 4.39 Å². The van der Waals surface area contributed by atoms with Gasteiger partial charge < -0.3 is 9.67 Å². The molecule has 0 fully saturated rings. The van der Waals surface area contributed by atoms with Gasteiger partial charge in [0.15, 0.2) is 0 Å². The van der Waals surface area contributed by atoms with Crippen molar-refractivity contribution in [1.82, 2.24) is 9.55 Å². The number of nitrogens with zero attached hydrogens (tertiary/aromatic N) is 2. The Labute approximate surface area is 122 Å². The summed E-state index contributed by atoms with van der Waals surface area (Å²) in [6.45, 7) is 6.90. The summed E-state index contributed by atoms with van der Waals surface area (Å²) < 4.78 is 15.3. The van der Waals surface area contributed by atoms with Gasteiger partial charge in [0.05, 0.1) is 5.69 Å². The molecule has 1 aromatic carbocycles. The maximum atomic E-state index is 13.3. The molecule has 0 saturated heterocycles. The summed E-state index contributed by atoms with van der Waals surface area (Å²) in [5.41, 5.74) is 1.09. The molecule has 0 spiro atoms. The van der Waals surface area contributed by atoms with Gasteiger partial charge in [-0.1, -0.05) is 31.7 Å². The molecule has 1 aromatic heterocycles. The van der Waals surface area contributed by atoms with Gasteiger partial charge in [0, 0.05) is 11.4 Å². The summed E-state index contributed by atoms with van der Waals surface area (Å²) in [5, 5.41) is 10.3. The van der Waals surface area contributed by atoms with E-state index in [9.17, 15) is 9.50 Å². The molecule has 0 bridgehead atoms. The third-order valence-corrected chi connectivity index (χ3v) is 4.05. The first-order chi connectivity index (χ1) is 9.56. The minimum absolute atomic E-state index is 0.0860. The second kappa shape index (κ2) is 6.41. The largest absolute Gasteiger partial charge is 0.388 e. The number of halogens is 1. The standard InChI is InChI=1S/C15H19FN2OS/c1-4-18-13(9-19)17-15(14(18)10(2)3)20-12-7-5-6-11(16)8-12/h5-8,10,19H,4,9H2,1-3H3. The van der Waals surface area contributed by atoms with E-state index in [0.717, 1.165) is 22.2 Å². The van der Waals surface area contributed by atoms with Crippen molar-refractivity contribution in [3.63, 3.8) is 0 Å². The van der Waals surface area contributed by atoms with Crippen molar-refractivity contribution < 1.29 is 9.50 Å². The van der Waals surface area contributed by atoms with Crippen LogP contribution in [0.2, 0.25) is 0 Å². The van der Waals surface area contributed by atoms with E-state index in [4.69, 9.17) is 0 Å². The van der Waals surface area contributed by atoms with Crippen molar-refractivity contribution in [1.29, 1.82) is 0 Å². The van der Waals surface area contributed by atoms with Crippen LogP contribution in [-0.4, -0.2) is 14.7 Å². The van der Waals surface area contributed by atoms with Crippen LogP contribution in [0.15, 0.2) is 34.2 Å². The number of benzene rings is 1. The van der Waals surface area contributed by atoms with Gasteiger partial charge in [-0.3, -0.25) is 0 Å². The van der Waals surface area contributed by atoms with E-state index < -0.39 is 0 Å². The number of aromatic nitrogens is 2. The third kappa shape index (κ3) is 3.04. The minimum Gasteiger partial charge on any atom is -0.388 e. The van der Waals surface area contributed by atoms with Crippen molar-refractivity contribution in [3.05, 3.63) is 41.6 Å². The lowest BCUT2D eigenvalue weighted by atomic mass is 10.1. The number of hydrogen-bond donors (Lipinski definition) is 1. The Morgan fingerprint density at radius 1 is 1.40 bits per heavy atom. The van der Waals surface area contributed by atoms with Crippen LogP contribution >= 0.6 is 11.8 Å². The molecule has 0 aliphatic rings. The molecule has 3 nitrogen and oxygen atoms in total. The summed E-state index contributed by atoms with van der Waals surface area (Å²) in [6, 6.07) is 6.48. The van der Waals surface area contributed by atoms with E-state index >= 15 is 0 Å². The molecule has 1 heterocycles. The van der Waals surface area contributed by atoms with Crippen molar-refractivity contribution in [2.24, 2.45) is 0 Å². The zero-order valence-corrected chi connectivity index (χ0v) is 12.7. The molecule has 0 aliphatic heterocycles. The fraction of sp³-hybridized carbons (Fsp3) is 0.400. The van der Waals surface area contributed by atoms with E-state index in [-0.39, 0.29) is 12.4 Å². The Kier molecular flexibility index (Phi) is 4.83. The molecule has 2 aromatic rings. The molecule has 5 heteroatoms. The number of hydrogen-bond acceptors (Lipinski definition) is 3. The van der Waals surface area contributed by atoms with Crippen LogP contribution < -0.4 is 0 Å². The fourth-order valence-corrected chi connectivity index (χ4v) is 3.38. The predicted octanol–water partition coefficient (Wildman–Crippen LogP) is 3.81. The topological polar surface area (TPSA) is 38.0 Å². The highest BCUT2D eigenvalue weighted by Crippen LogP contribution is 2.34. The first kappa shape index (κ1) is 15.1. The van der Waals surface area contributed by atoms with Crippen LogP contribution in [-0.2, 0) is 13.2 Å². The van der Waals surface area contributed by atoms with Gasteiger partial charge in [0.25, 0.3) is 0 Å². The van der Waals surface area contributed by atoms with E-state index in [1.54, 1.807) is 6.07 Å². The van der Waals surface area contributed by atoms with Gasteiger partial charge in [0.2, 0.25) is 0 Å². The third-order valence-electron chi connectivity index (χ3n) is 3.07. The van der Waals surface area contributed by atoms with Gasteiger partial charge in [-0.25, -0.2) is 9.37 Å². The van der Waals surface area contributed by atoms with Crippen molar-refractivity contribution in [2.75, 3.05) is 0 Å². The molecule has 0 aliphatic carbocycles. The number of imidazole rings is 1. The molecule has 108 valence electrons. The van der Waals surface area contributed by atoms with Crippen LogP contribution in [0.3, 0.4) is 0 Å². The molecule has 0 atom stereocenters. The van der Waals surface area contributed by atoms with Crippen LogP contribution in [0.1, 0.15) is 38.2 Å². The first-order valence-electron chi connectivity index (χ1n) is 6.70. The predicted molar refractivity (Wildman–Crippen MR) is 78.4 cm³/mol. The van der Waals surface area contributed by atoms with Gasteiger partial charge in [0.1, 0.15) is 23.3 Å². The summed E-state index contributed by atoms with van der Waals surface area (Å²) in [7, 11) is 0. The quantitative estimate of drug-likeness (QED) is 0.911. The zero-order valence-electron chi connectivity index (χ0n) is 11.9. The first-order valence-corrected chi connectivity index (χ1v) is 7.52. The summed E-state index contributed by atoms with van der Waals surface area (Å²) in [4.78, 5) is 5.32. The van der Waals surface area contributed by atoms with Crippen LogP contribution in [0.25, 0.3) is 0 Å². The van der Waals surface area contributed by atoms with Crippen LogP contribution in [0.5, 0.6) is 0 Å². The van der Waals surface area contributed by atoms with Crippen LogP contribution in [0, 0.1) is 5.82 Å². The van der Waals surface area contributed by atoms with E-state index in [0.29, 0.717) is 11.7 Å². The van der Waals surface area contributed by atoms with E-state index in [2.05, 4.69) is 18.8 Å². The lowest BCUT2D eigenvalue weighted by Crippen LogP contribution is -2.07. The summed E-state index contributed by atoms with van der Waals surface area (Å²) in [5.74, 6) is 0.701. The highest BCUT2D eigenvalue weighted by molar-refractivity contribution is 7.99. The summed E-state index contributed by atoms with van der Waals surface area (Å²) >= 11 is 1.44. The lowest BCUT2D eigenvalue weighted by Gasteiger charge is -2.12. The molecule has 1 N–H and O–H groups in total. The molecule has 20 heavy (non-hydrogen) atoms. The van der Waals surface area contributed by atoms with Gasteiger partial charge >= 0.3 is 0 Å². The highest BCUT2D eigenvalue weighted by atomic mass is 32.2. The average Bonchev–Trinajstić information content (AvgIpc) is 2.76. The normalized spacial score (nSPS) is 11.3.